The molecule has 2 N–H and O–H groups in total. The maximum Gasteiger partial charge on any atom is 0.228 e. The Hall–Kier alpha value is -1.65. The van der Waals surface area contributed by atoms with E-state index in [2.05, 4.69) is 10.6 Å². The van der Waals surface area contributed by atoms with Gasteiger partial charge in [-0.25, -0.2) is 0 Å². The van der Waals surface area contributed by atoms with Crippen molar-refractivity contribution in [1.29, 1.82) is 0 Å². The first-order valence-corrected chi connectivity index (χ1v) is 6.76. The van der Waals surface area contributed by atoms with Gasteiger partial charge in [-0.2, -0.15) is 11.3 Å². The molecule has 0 aliphatic heterocycles. The van der Waals surface area contributed by atoms with Crippen molar-refractivity contribution in [2.45, 2.75) is 13.0 Å². The SMILES string of the molecule is CNCc1cccc(NC(=O)Cc2ccsc2)c1. The lowest BCUT2D eigenvalue weighted by molar-refractivity contribution is -0.115. The van der Waals surface area contributed by atoms with Crippen LogP contribution in [-0.2, 0) is 17.8 Å². The third-order valence-corrected chi connectivity index (χ3v) is 3.27. The van der Waals surface area contributed by atoms with E-state index in [9.17, 15) is 4.79 Å². The van der Waals surface area contributed by atoms with Gasteiger partial charge < -0.3 is 10.6 Å². The zero-order valence-corrected chi connectivity index (χ0v) is 11.1. The first-order valence-electron chi connectivity index (χ1n) is 5.82. The molecule has 94 valence electrons. The van der Waals surface area contributed by atoms with Gasteiger partial charge in [0.15, 0.2) is 0 Å². The highest BCUT2D eigenvalue weighted by Gasteiger charge is 2.04. The molecule has 1 aromatic carbocycles. The predicted octanol–water partition coefficient (Wildman–Crippen LogP) is 2.65. The lowest BCUT2D eigenvalue weighted by Crippen LogP contribution is -2.14. The van der Waals surface area contributed by atoms with Crippen molar-refractivity contribution in [2.75, 3.05) is 12.4 Å². The van der Waals surface area contributed by atoms with E-state index in [1.54, 1.807) is 11.3 Å². The van der Waals surface area contributed by atoms with Gasteiger partial charge in [-0.05, 0) is 47.1 Å². The third kappa shape index (κ3) is 3.68. The summed E-state index contributed by atoms with van der Waals surface area (Å²) in [5.74, 6) is 0.0232. The molecule has 0 saturated carbocycles. The lowest BCUT2D eigenvalue weighted by atomic mass is 10.2. The minimum Gasteiger partial charge on any atom is -0.326 e. The second kappa shape index (κ2) is 6.33. The summed E-state index contributed by atoms with van der Waals surface area (Å²) in [7, 11) is 1.90. The average molecular weight is 260 g/mol. The van der Waals surface area contributed by atoms with Crippen LogP contribution in [0.3, 0.4) is 0 Å². The van der Waals surface area contributed by atoms with E-state index >= 15 is 0 Å². The minimum absolute atomic E-state index is 0.0232. The number of amides is 1. The predicted molar refractivity (Wildman–Crippen MR) is 75.9 cm³/mol. The van der Waals surface area contributed by atoms with Gasteiger partial charge >= 0.3 is 0 Å². The fraction of sp³-hybridized carbons (Fsp3) is 0.214. The molecule has 4 heteroatoms. The maximum atomic E-state index is 11.8. The van der Waals surface area contributed by atoms with Crippen LogP contribution < -0.4 is 10.6 Å². The van der Waals surface area contributed by atoms with Crippen LogP contribution in [0.2, 0.25) is 0 Å². The number of anilines is 1. The van der Waals surface area contributed by atoms with Crippen molar-refractivity contribution in [2.24, 2.45) is 0 Å². The van der Waals surface area contributed by atoms with E-state index in [0.29, 0.717) is 6.42 Å². The van der Waals surface area contributed by atoms with Gasteiger partial charge in [0, 0.05) is 12.2 Å². The average Bonchev–Trinajstić information content (AvgIpc) is 2.82. The Morgan fingerprint density at radius 3 is 2.89 bits per heavy atom. The van der Waals surface area contributed by atoms with E-state index in [1.165, 1.54) is 0 Å². The van der Waals surface area contributed by atoms with Gasteiger partial charge in [-0.1, -0.05) is 12.1 Å². The highest BCUT2D eigenvalue weighted by atomic mass is 32.1. The summed E-state index contributed by atoms with van der Waals surface area (Å²) >= 11 is 1.61. The Balaban J connectivity index is 1.96. The molecule has 1 aromatic heterocycles. The molecule has 18 heavy (non-hydrogen) atoms. The monoisotopic (exact) mass is 260 g/mol. The smallest absolute Gasteiger partial charge is 0.228 e. The van der Waals surface area contributed by atoms with Crippen molar-refractivity contribution in [3.05, 3.63) is 52.2 Å². The van der Waals surface area contributed by atoms with Crippen LogP contribution in [0.4, 0.5) is 5.69 Å². The summed E-state index contributed by atoms with van der Waals surface area (Å²) in [6.45, 7) is 0.800. The Morgan fingerprint density at radius 1 is 1.28 bits per heavy atom. The summed E-state index contributed by atoms with van der Waals surface area (Å²) in [4.78, 5) is 11.8. The molecule has 0 fully saturated rings. The van der Waals surface area contributed by atoms with Crippen molar-refractivity contribution in [3.8, 4) is 0 Å². The number of thiophene rings is 1. The Labute approximate surface area is 111 Å². The molecule has 0 radical (unpaired) electrons. The summed E-state index contributed by atoms with van der Waals surface area (Å²) in [6.07, 6.45) is 0.430. The molecular weight excluding hydrogens is 244 g/mol. The van der Waals surface area contributed by atoms with Crippen molar-refractivity contribution >= 4 is 22.9 Å². The number of hydrogen-bond acceptors (Lipinski definition) is 3. The van der Waals surface area contributed by atoms with Gasteiger partial charge in [-0.15, -0.1) is 0 Å². The molecular formula is C14H16N2OS. The van der Waals surface area contributed by atoms with Crippen LogP contribution in [-0.4, -0.2) is 13.0 Å². The maximum absolute atomic E-state index is 11.8. The molecule has 3 nitrogen and oxygen atoms in total. The number of hydrogen-bond donors (Lipinski definition) is 2. The standard InChI is InChI=1S/C14H16N2OS/c1-15-9-11-3-2-4-13(7-11)16-14(17)8-12-5-6-18-10-12/h2-7,10,15H,8-9H2,1H3,(H,16,17). The van der Waals surface area contributed by atoms with Crippen molar-refractivity contribution in [1.82, 2.24) is 5.32 Å². The van der Waals surface area contributed by atoms with Crippen LogP contribution in [0.25, 0.3) is 0 Å². The molecule has 2 rings (SSSR count). The van der Waals surface area contributed by atoms with E-state index in [1.807, 2.05) is 48.1 Å². The van der Waals surface area contributed by atoms with Gasteiger partial charge in [0.2, 0.25) is 5.91 Å². The number of benzene rings is 1. The summed E-state index contributed by atoms with van der Waals surface area (Å²) in [5, 5.41) is 9.99. The molecule has 0 aliphatic rings. The van der Waals surface area contributed by atoms with Gasteiger partial charge in [0.1, 0.15) is 0 Å². The van der Waals surface area contributed by atoms with E-state index < -0.39 is 0 Å². The summed E-state index contributed by atoms with van der Waals surface area (Å²) in [6, 6.07) is 9.85. The van der Waals surface area contributed by atoms with Crippen LogP contribution in [0.5, 0.6) is 0 Å². The second-order valence-electron chi connectivity index (χ2n) is 4.09. The van der Waals surface area contributed by atoms with Crippen LogP contribution in [0, 0.1) is 0 Å². The Kier molecular flexibility index (Phi) is 4.50. The molecule has 2 aromatic rings. The Bertz CT molecular complexity index is 508. The quantitative estimate of drug-likeness (QED) is 0.867. The molecule has 0 spiro atoms. The molecule has 0 aliphatic carbocycles. The van der Waals surface area contributed by atoms with E-state index in [-0.39, 0.29) is 5.91 Å². The first-order chi connectivity index (χ1) is 8.78. The number of rotatable bonds is 5. The topological polar surface area (TPSA) is 41.1 Å². The number of nitrogens with one attached hydrogen (secondary N) is 2. The number of carbonyl (C=O) groups excluding carboxylic acids is 1. The molecule has 1 amide bonds. The van der Waals surface area contributed by atoms with E-state index in [4.69, 9.17) is 0 Å². The van der Waals surface area contributed by atoms with Gasteiger partial charge in [-0.3, -0.25) is 4.79 Å². The molecule has 0 unspecified atom stereocenters. The highest BCUT2D eigenvalue weighted by molar-refractivity contribution is 7.08. The Morgan fingerprint density at radius 2 is 2.17 bits per heavy atom. The summed E-state index contributed by atoms with van der Waals surface area (Å²) in [5.41, 5.74) is 3.07. The molecule has 0 bridgehead atoms. The van der Waals surface area contributed by atoms with Crippen LogP contribution >= 0.6 is 11.3 Å². The lowest BCUT2D eigenvalue weighted by Gasteiger charge is -2.06. The minimum atomic E-state index is 0.0232. The van der Waals surface area contributed by atoms with Crippen molar-refractivity contribution in [3.63, 3.8) is 0 Å². The van der Waals surface area contributed by atoms with Crippen molar-refractivity contribution < 1.29 is 4.79 Å². The van der Waals surface area contributed by atoms with Crippen LogP contribution in [0.1, 0.15) is 11.1 Å². The first kappa shape index (κ1) is 12.8. The number of carbonyl (C=O) groups is 1. The zero-order chi connectivity index (χ0) is 12.8. The van der Waals surface area contributed by atoms with Crippen LogP contribution in [0.15, 0.2) is 41.1 Å². The van der Waals surface area contributed by atoms with Gasteiger partial charge in [0.05, 0.1) is 6.42 Å². The molecule has 0 saturated heterocycles. The summed E-state index contributed by atoms with van der Waals surface area (Å²) < 4.78 is 0. The highest BCUT2D eigenvalue weighted by Crippen LogP contribution is 2.12. The largest absolute Gasteiger partial charge is 0.326 e. The normalized spacial score (nSPS) is 10.3. The third-order valence-electron chi connectivity index (χ3n) is 2.54. The van der Waals surface area contributed by atoms with E-state index in [0.717, 1.165) is 23.4 Å². The fourth-order valence-corrected chi connectivity index (χ4v) is 2.42. The fourth-order valence-electron chi connectivity index (χ4n) is 1.75. The molecule has 1 heterocycles. The van der Waals surface area contributed by atoms with Gasteiger partial charge in [0.25, 0.3) is 0 Å². The second-order valence-corrected chi connectivity index (χ2v) is 4.87. The zero-order valence-electron chi connectivity index (χ0n) is 10.3. The molecule has 0 atom stereocenters.